The van der Waals surface area contributed by atoms with Gasteiger partial charge in [-0.3, -0.25) is 14.2 Å². The molecule has 2 heterocycles. The van der Waals surface area contributed by atoms with Crippen LogP contribution >= 0.6 is 0 Å². The third kappa shape index (κ3) is 4.15. The summed E-state index contributed by atoms with van der Waals surface area (Å²) in [6, 6.07) is 20.3. The fourth-order valence-electron chi connectivity index (χ4n) is 5.21. The minimum Gasteiger partial charge on any atom is -0.456 e. The topological polar surface area (TPSA) is 98.7 Å². The van der Waals surface area contributed by atoms with E-state index in [9.17, 15) is 19.5 Å². The van der Waals surface area contributed by atoms with Crippen LogP contribution in [0.4, 0.5) is 0 Å². The number of aliphatic hydroxyl groups excluding tert-OH is 1. The van der Waals surface area contributed by atoms with Gasteiger partial charge in [-0.1, -0.05) is 24.3 Å². The second-order valence-electron chi connectivity index (χ2n) is 10.8. The highest BCUT2D eigenvalue weighted by molar-refractivity contribution is 6.26. The lowest BCUT2D eigenvalue weighted by Gasteiger charge is -2.19. The number of aliphatic hydroxyl groups is 1. The first-order valence-corrected chi connectivity index (χ1v) is 12.9. The molecule has 0 aliphatic heterocycles. The molecule has 39 heavy (non-hydrogen) atoms. The summed E-state index contributed by atoms with van der Waals surface area (Å²) in [5.74, 6) is -0.372. The monoisotopic (exact) mass is 521 g/mol. The van der Waals surface area contributed by atoms with Crippen LogP contribution in [0.2, 0.25) is 0 Å². The fourth-order valence-corrected chi connectivity index (χ4v) is 5.21. The second-order valence-corrected chi connectivity index (χ2v) is 10.8. The first-order valence-electron chi connectivity index (χ1n) is 12.9. The maximum Gasteiger partial charge on any atom is 0.338 e. The van der Waals surface area contributed by atoms with Gasteiger partial charge in [0.05, 0.1) is 5.56 Å². The van der Waals surface area contributed by atoms with E-state index in [0.29, 0.717) is 39.3 Å². The van der Waals surface area contributed by atoms with Gasteiger partial charge in [0.1, 0.15) is 16.8 Å². The molecule has 6 aromatic rings. The van der Waals surface area contributed by atoms with Crippen molar-refractivity contribution in [1.29, 1.82) is 0 Å². The van der Waals surface area contributed by atoms with Gasteiger partial charge in [0.2, 0.25) is 0 Å². The van der Waals surface area contributed by atoms with Crippen LogP contribution in [0.25, 0.3) is 54.6 Å². The van der Waals surface area contributed by atoms with Crippen molar-refractivity contribution in [2.24, 2.45) is 0 Å². The fraction of sp³-hybridized carbons (Fsp3) is 0.219. The SMILES string of the molecule is CC(C)(C)OC(=O)c1ccc(-c2ccc3oc4ccc5c(=O)n(CCCO)c(=O)c6ccc(c3c2)c4c56)cc1. The largest absolute Gasteiger partial charge is 0.456 e. The number of aromatic nitrogens is 1. The number of carbonyl (C=O) groups is 1. The van der Waals surface area contributed by atoms with Crippen LogP contribution < -0.4 is 11.1 Å². The molecule has 1 N–H and O–H groups in total. The quantitative estimate of drug-likeness (QED) is 0.173. The van der Waals surface area contributed by atoms with E-state index >= 15 is 0 Å². The summed E-state index contributed by atoms with van der Waals surface area (Å²) in [5, 5.41) is 13.2. The molecule has 7 heteroatoms. The number of esters is 1. The molecule has 0 aliphatic carbocycles. The van der Waals surface area contributed by atoms with Gasteiger partial charge in [0.15, 0.2) is 0 Å². The van der Waals surface area contributed by atoms with Crippen LogP contribution in [0.15, 0.2) is 80.7 Å². The predicted octanol–water partition coefficient (Wildman–Crippen LogP) is 5.86. The molecule has 7 nitrogen and oxygen atoms in total. The number of hydrogen-bond donors (Lipinski definition) is 1. The third-order valence-electron chi connectivity index (χ3n) is 6.96. The Bertz CT molecular complexity index is 1980. The third-order valence-corrected chi connectivity index (χ3v) is 6.96. The summed E-state index contributed by atoms with van der Waals surface area (Å²) in [6.45, 7) is 5.56. The molecule has 0 bridgehead atoms. The van der Waals surface area contributed by atoms with Crippen molar-refractivity contribution in [1.82, 2.24) is 4.57 Å². The lowest BCUT2D eigenvalue weighted by molar-refractivity contribution is 0.00695. The summed E-state index contributed by atoms with van der Waals surface area (Å²) in [7, 11) is 0. The summed E-state index contributed by atoms with van der Waals surface area (Å²) < 4.78 is 12.9. The number of carbonyl (C=O) groups excluding carboxylic acids is 1. The van der Waals surface area contributed by atoms with Crippen LogP contribution in [0.1, 0.15) is 37.6 Å². The first kappa shape index (κ1) is 24.8. The summed E-state index contributed by atoms with van der Waals surface area (Å²) >= 11 is 0. The van der Waals surface area contributed by atoms with Crippen molar-refractivity contribution in [3.8, 4) is 11.1 Å². The smallest absolute Gasteiger partial charge is 0.338 e. The van der Waals surface area contributed by atoms with Gasteiger partial charge in [-0.2, -0.15) is 0 Å². The summed E-state index contributed by atoms with van der Waals surface area (Å²) in [6.07, 6.45) is 0.324. The average molecular weight is 522 g/mol. The van der Waals surface area contributed by atoms with Gasteiger partial charge >= 0.3 is 5.97 Å². The zero-order valence-corrected chi connectivity index (χ0v) is 21.9. The molecule has 0 fully saturated rings. The van der Waals surface area contributed by atoms with Crippen LogP contribution in [0.5, 0.6) is 0 Å². The van der Waals surface area contributed by atoms with Crippen molar-refractivity contribution >= 4 is 49.5 Å². The molecule has 0 radical (unpaired) electrons. The van der Waals surface area contributed by atoms with E-state index in [0.717, 1.165) is 27.3 Å². The molecular formula is C32H27NO6. The van der Waals surface area contributed by atoms with Gasteiger partial charge < -0.3 is 14.3 Å². The molecular weight excluding hydrogens is 494 g/mol. The van der Waals surface area contributed by atoms with E-state index in [-0.39, 0.29) is 30.2 Å². The Morgan fingerprint density at radius 3 is 2.08 bits per heavy atom. The Hall–Kier alpha value is -4.49. The Morgan fingerprint density at radius 2 is 1.41 bits per heavy atom. The number of ether oxygens (including phenoxy) is 1. The molecule has 4 aromatic carbocycles. The second kappa shape index (κ2) is 9.06. The molecule has 0 aliphatic rings. The van der Waals surface area contributed by atoms with Crippen LogP contribution in [0, 0.1) is 0 Å². The van der Waals surface area contributed by atoms with Crippen molar-refractivity contribution in [3.05, 3.63) is 93.0 Å². The van der Waals surface area contributed by atoms with Gasteiger partial charge in [0, 0.05) is 40.1 Å². The van der Waals surface area contributed by atoms with Gasteiger partial charge in [-0.25, -0.2) is 4.79 Å². The Kier molecular flexibility index (Phi) is 5.77. The zero-order valence-electron chi connectivity index (χ0n) is 21.9. The first-order chi connectivity index (χ1) is 18.7. The van der Waals surface area contributed by atoms with E-state index in [1.807, 2.05) is 57.2 Å². The molecule has 0 unspecified atom stereocenters. The van der Waals surface area contributed by atoms with Crippen LogP contribution in [0.3, 0.4) is 0 Å². The number of nitrogens with zero attached hydrogens (tertiary/aromatic N) is 1. The minimum absolute atomic E-state index is 0.103. The highest BCUT2D eigenvalue weighted by Crippen LogP contribution is 2.38. The minimum atomic E-state index is -0.571. The standard InChI is InChI=1S/C32H27NO6/c1-32(2,3)39-31(37)19-7-5-18(6-8-19)20-9-13-25-24(17-20)21-10-11-22-27-23(12-14-26(38-25)28(21)27)30(36)33(29(22)35)15-4-16-34/h5-14,17,34H,4,15-16H2,1-3H3. The molecule has 0 saturated heterocycles. The average Bonchev–Trinajstić information content (AvgIpc) is 2.91. The zero-order chi connectivity index (χ0) is 27.5. The predicted molar refractivity (Wildman–Crippen MR) is 153 cm³/mol. The Balaban J connectivity index is 1.52. The van der Waals surface area contributed by atoms with E-state index in [4.69, 9.17) is 9.15 Å². The maximum atomic E-state index is 13.2. The molecule has 6 rings (SSSR count). The number of fused-ring (bicyclic) bond motifs is 2. The van der Waals surface area contributed by atoms with Gasteiger partial charge in [0.25, 0.3) is 11.1 Å². The summed E-state index contributed by atoms with van der Waals surface area (Å²) in [5.41, 5.74) is 2.30. The number of pyridine rings is 1. The Morgan fingerprint density at radius 1 is 0.795 bits per heavy atom. The van der Waals surface area contributed by atoms with Crippen LogP contribution in [-0.2, 0) is 11.3 Å². The normalized spacial score (nSPS) is 12.2. The molecule has 196 valence electrons. The summed E-state index contributed by atoms with van der Waals surface area (Å²) in [4.78, 5) is 38.9. The van der Waals surface area contributed by atoms with Gasteiger partial charge in [-0.15, -0.1) is 0 Å². The van der Waals surface area contributed by atoms with Crippen molar-refractivity contribution in [2.45, 2.75) is 39.3 Å². The number of benzene rings is 4. The van der Waals surface area contributed by atoms with Crippen molar-refractivity contribution in [2.75, 3.05) is 6.61 Å². The van der Waals surface area contributed by atoms with Crippen molar-refractivity contribution in [3.63, 3.8) is 0 Å². The van der Waals surface area contributed by atoms with Crippen LogP contribution in [-0.4, -0.2) is 27.9 Å². The van der Waals surface area contributed by atoms with E-state index in [2.05, 4.69) is 0 Å². The van der Waals surface area contributed by atoms with E-state index in [1.165, 1.54) is 4.57 Å². The highest BCUT2D eigenvalue weighted by atomic mass is 16.6. The maximum absolute atomic E-state index is 13.2. The highest BCUT2D eigenvalue weighted by Gasteiger charge is 2.20. The molecule has 0 spiro atoms. The van der Waals surface area contributed by atoms with E-state index < -0.39 is 5.60 Å². The number of hydrogen-bond acceptors (Lipinski definition) is 6. The molecule has 0 saturated carbocycles. The lowest BCUT2D eigenvalue weighted by Crippen LogP contribution is -2.33. The van der Waals surface area contributed by atoms with Gasteiger partial charge in [-0.05, 0) is 86.2 Å². The Labute approximate surface area is 223 Å². The lowest BCUT2D eigenvalue weighted by atomic mass is 9.95. The molecule has 0 amide bonds. The van der Waals surface area contributed by atoms with Crippen molar-refractivity contribution < 1.29 is 19.1 Å². The molecule has 2 aromatic heterocycles. The van der Waals surface area contributed by atoms with E-state index in [1.54, 1.807) is 30.3 Å². The molecule has 0 atom stereocenters. The number of rotatable bonds is 5.